The van der Waals surface area contributed by atoms with Crippen molar-refractivity contribution in [2.75, 3.05) is 0 Å². The summed E-state index contributed by atoms with van der Waals surface area (Å²) in [5.74, 6) is -0.499. The number of primary amides is 1. The van der Waals surface area contributed by atoms with Crippen molar-refractivity contribution < 1.29 is 4.79 Å². The van der Waals surface area contributed by atoms with Crippen LogP contribution in [-0.4, -0.2) is 25.0 Å². The molecule has 1 amide bonds. The van der Waals surface area contributed by atoms with E-state index < -0.39 is 17.2 Å². The van der Waals surface area contributed by atoms with Gasteiger partial charge in [0.1, 0.15) is 0 Å². The van der Waals surface area contributed by atoms with Crippen LogP contribution in [0.5, 0.6) is 0 Å². The predicted octanol–water partition coefficient (Wildman–Crippen LogP) is 2.21. The first-order valence-corrected chi connectivity index (χ1v) is 10.4. The second-order valence-electron chi connectivity index (χ2n) is 7.42. The molecule has 0 aliphatic rings. The monoisotopic (exact) mass is 429 g/mol. The Kier molecular flexibility index (Phi) is 5.68. The van der Waals surface area contributed by atoms with Crippen LogP contribution < -0.4 is 17.0 Å². The number of carbonyl (C=O) groups excluding carboxylic acids is 1. The Labute approximate surface area is 184 Å². The first-order valence-electron chi connectivity index (χ1n) is 10.4. The van der Waals surface area contributed by atoms with Gasteiger partial charge in [0.25, 0.3) is 5.56 Å². The Morgan fingerprint density at radius 2 is 1.66 bits per heavy atom. The van der Waals surface area contributed by atoms with E-state index in [9.17, 15) is 14.4 Å². The summed E-state index contributed by atoms with van der Waals surface area (Å²) >= 11 is 0. The number of aromatic nitrogens is 4. The van der Waals surface area contributed by atoms with Crippen LogP contribution in [0, 0.1) is 0 Å². The number of nitrogens with zero attached hydrogens (tertiary/aromatic N) is 4. The molecule has 0 saturated carbocycles. The van der Waals surface area contributed by atoms with Gasteiger partial charge in [0, 0.05) is 18.0 Å². The summed E-state index contributed by atoms with van der Waals surface area (Å²) in [5.41, 5.74) is 8.02. The molecule has 0 bridgehead atoms. The van der Waals surface area contributed by atoms with Gasteiger partial charge in [0.2, 0.25) is 5.91 Å². The minimum absolute atomic E-state index is 0.0317. The molecule has 1 aromatic carbocycles. The molecular formula is C24H23N5O3. The minimum atomic E-state index is -0.525. The molecule has 0 saturated heterocycles. The predicted molar refractivity (Wildman–Crippen MR) is 122 cm³/mol. The van der Waals surface area contributed by atoms with Crippen molar-refractivity contribution in [3.63, 3.8) is 0 Å². The van der Waals surface area contributed by atoms with Gasteiger partial charge in [-0.15, -0.1) is 0 Å². The molecule has 0 spiro atoms. The number of hydrogen-bond acceptors (Lipinski definition) is 5. The van der Waals surface area contributed by atoms with E-state index in [0.29, 0.717) is 35.2 Å². The summed E-state index contributed by atoms with van der Waals surface area (Å²) in [6.45, 7) is 3.88. The van der Waals surface area contributed by atoms with Gasteiger partial charge >= 0.3 is 5.69 Å². The lowest BCUT2D eigenvalue weighted by molar-refractivity contribution is 0.0998. The van der Waals surface area contributed by atoms with E-state index in [1.165, 1.54) is 4.57 Å². The SMILES string of the molecule is CCc1cc(-n2c(=O)n(Cc3ccccn3)c(=O)c3cccnc32)cc(CC)c1C(N)=O. The van der Waals surface area contributed by atoms with Crippen LogP contribution in [0.4, 0.5) is 0 Å². The summed E-state index contributed by atoms with van der Waals surface area (Å²) in [4.78, 5) is 47.4. The second kappa shape index (κ2) is 8.58. The topological polar surface area (TPSA) is 113 Å². The second-order valence-corrected chi connectivity index (χ2v) is 7.42. The highest BCUT2D eigenvalue weighted by Crippen LogP contribution is 2.22. The highest BCUT2D eigenvalue weighted by molar-refractivity contribution is 5.96. The van der Waals surface area contributed by atoms with E-state index in [1.54, 1.807) is 54.9 Å². The zero-order valence-electron chi connectivity index (χ0n) is 17.9. The van der Waals surface area contributed by atoms with E-state index >= 15 is 0 Å². The number of hydrogen-bond donors (Lipinski definition) is 1. The maximum absolute atomic E-state index is 13.6. The van der Waals surface area contributed by atoms with Crippen LogP contribution in [0.15, 0.2) is 64.4 Å². The number of carbonyl (C=O) groups is 1. The van der Waals surface area contributed by atoms with Gasteiger partial charge in [-0.05, 0) is 60.4 Å². The van der Waals surface area contributed by atoms with Crippen LogP contribution >= 0.6 is 0 Å². The number of amides is 1. The third-order valence-electron chi connectivity index (χ3n) is 5.50. The molecule has 0 aliphatic carbocycles. The van der Waals surface area contributed by atoms with Crippen LogP contribution in [0.25, 0.3) is 16.7 Å². The zero-order valence-corrected chi connectivity index (χ0v) is 17.9. The Bertz CT molecular complexity index is 1410. The van der Waals surface area contributed by atoms with Gasteiger partial charge in [-0.3, -0.25) is 19.1 Å². The third-order valence-corrected chi connectivity index (χ3v) is 5.50. The Hall–Kier alpha value is -4.07. The summed E-state index contributed by atoms with van der Waals surface area (Å²) in [5, 5.41) is 0.318. The van der Waals surface area contributed by atoms with Gasteiger partial charge in [0.15, 0.2) is 5.65 Å². The molecule has 162 valence electrons. The Morgan fingerprint density at radius 3 is 2.25 bits per heavy atom. The third kappa shape index (κ3) is 3.60. The molecule has 3 aromatic heterocycles. The van der Waals surface area contributed by atoms with Crippen LogP contribution in [0.1, 0.15) is 41.0 Å². The van der Waals surface area contributed by atoms with Gasteiger partial charge in [-0.1, -0.05) is 19.9 Å². The number of nitrogens with two attached hydrogens (primary N) is 1. The molecule has 3 heterocycles. The lowest BCUT2D eigenvalue weighted by Gasteiger charge is -2.17. The van der Waals surface area contributed by atoms with Crippen molar-refractivity contribution in [1.29, 1.82) is 0 Å². The molecule has 0 fully saturated rings. The fourth-order valence-electron chi connectivity index (χ4n) is 3.96. The maximum atomic E-state index is 13.6. The number of pyridine rings is 2. The largest absolute Gasteiger partial charge is 0.366 e. The number of rotatable bonds is 6. The van der Waals surface area contributed by atoms with E-state index in [1.807, 2.05) is 13.8 Å². The molecule has 0 aliphatic heterocycles. The molecule has 0 unspecified atom stereocenters. The standard InChI is InChI=1S/C24H23N5O3/c1-3-15-12-18(13-16(4-2)20(15)21(25)30)29-22-19(9-7-11-27-22)23(31)28(24(29)32)14-17-8-5-6-10-26-17/h5-13H,3-4,14H2,1-2H3,(H2,25,30). The Morgan fingerprint density at radius 1 is 0.969 bits per heavy atom. The highest BCUT2D eigenvalue weighted by Gasteiger charge is 2.19. The Balaban J connectivity index is 2.06. The first kappa shape index (κ1) is 21.2. The van der Waals surface area contributed by atoms with E-state index in [4.69, 9.17) is 5.73 Å². The van der Waals surface area contributed by atoms with Crippen LogP contribution in [-0.2, 0) is 19.4 Å². The van der Waals surface area contributed by atoms with Crippen LogP contribution in [0.2, 0.25) is 0 Å². The zero-order chi connectivity index (χ0) is 22.8. The fourth-order valence-corrected chi connectivity index (χ4v) is 3.96. The molecular weight excluding hydrogens is 406 g/mol. The van der Waals surface area contributed by atoms with Gasteiger partial charge < -0.3 is 5.73 Å². The average molecular weight is 429 g/mol. The molecule has 8 heteroatoms. The lowest BCUT2D eigenvalue weighted by atomic mass is 9.96. The molecule has 4 rings (SSSR count). The van der Waals surface area contributed by atoms with Crippen molar-refractivity contribution in [2.45, 2.75) is 33.2 Å². The van der Waals surface area contributed by atoms with Gasteiger partial charge in [-0.25, -0.2) is 14.3 Å². The summed E-state index contributed by atoms with van der Waals surface area (Å²) in [6.07, 6.45) is 4.28. The fraction of sp³-hybridized carbons (Fsp3) is 0.208. The maximum Gasteiger partial charge on any atom is 0.337 e. The van der Waals surface area contributed by atoms with E-state index in [2.05, 4.69) is 9.97 Å². The van der Waals surface area contributed by atoms with E-state index in [-0.39, 0.29) is 12.2 Å². The molecule has 0 atom stereocenters. The van der Waals surface area contributed by atoms with Crippen molar-refractivity contribution >= 4 is 16.9 Å². The smallest absolute Gasteiger partial charge is 0.337 e. The average Bonchev–Trinajstić information content (AvgIpc) is 2.81. The minimum Gasteiger partial charge on any atom is -0.366 e. The van der Waals surface area contributed by atoms with Crippen LogP contribution in [0.3, 0.4) is 0 Å². The van der Waals surface area contributed by atoms with Crippen molar-refractivity contribution in [3.05, 3.63) is 98.1 Å². The van der Waals surface area contributed by atoms with Gasteiger partial charge in [-0.2, -0.15) is 0 Å². The first-order chi connectivity index (χ1) is 15.5. The van der Waals surface area contributed by atoms with Crippen molar-refractivity contribution in [3.8, 4) is 5.69 Å². The van der Waals surface area contributed by atoms with Crippen molar-refractivity contribution in [2.24, 2.45) is 5.73 Å². The normalized spacial score (nSPS) is 11.1. The van der Waals surface area contributed by atoms with Gasteiger partial charge in [0.05, 0.1) is 23.3 Å². The summed E-state index contributed by atoms with van der Waals surface area (Å²) in [6, 6.07) is 12.2. The number of aryl methyl sites for hydroxylation is 2. The summed E-state index contributed by atoms with van der Waals surface area (Å²) < 4.78 is 2.58. The lowest BCUT2D eigenvalue weighted by Crippen LogP contribution is -2.40. The molecule has 0 radical (unpaired) electrons. The number of benzene rings is 1. The molecule has 2 N–H and O–H groups in total. The highest BCUT2D eigenvalue weighted by atomic mass is 16.2. The molecule has 4 aromatic rings. The van der Waals surface area contributed by atoms with Crippen molar-refractivity contribution in [1.82, 2.24) is 19.1 Å². The quantitative estimate of drug-likeness (QED) is 0.505. The molecule has 8 nitrogen and oxygen atoms in total. The van der Waals surface area contributed by atoms with E-state index in [0.717, 1.165) is 15.7 Å². The molecule has 32 heavy (non-hydrogen) atoms. The number of fused-ring (bicyclic) bond motifs is 1. The summed E-state index contributed by atoms with van der Waals surface area (Å²) in [7, 11) is 0.